The fraction of sp³-hybridized carbons (Fsp3) is 0.300. The zero-order chi connectivity index (χ0) is 18.8. The fourth-order valence-corrected chi connectivity index (χ4v) is 2.99. The molecule has 0 aromatic heterocycles. The molecule has 0 radical (unpaired) electrons. The molecule has 0 unspecified atom stereocenters. The first-order valence-corrected chi connectivity index (χ1v) is 8.44. The predicted octanol–water partition coefficient (Wildman–Crippen LogP) is 3.13. The number of amides is 2. The Balaban J connectivity index is 1.80. The van der Waals surface area contributed by atoms with Crippen molar-refractivity contribution < 1.29 is 18.7 Å². The first kappa shape index (κ1) is 17.9. The average molecular weight is 356 g/mol. The molecule has 26 heavy (non-hydrogen) atoms. The van der Waals surface area contributed by atoms with Crippen molar-refractivity contribution in [1.29, 1.82) is 0 Å². The van der Waals surface area contributed by atoms with Gasteiger partial charge in [-0.1, -0.05) is 12.1 Å². The average Bonchev–Trinajstić information content (AvgIpc) is 2.89. The molecule has 0 atom stereocenters. The number of nitrogens with zero attached hydrogens (tertiary/aromatic N) is 1. The smallest absolute Gasteiger partial charge is 0.254 e. The van der Waals surface area contributed by atoms with Crippen LogP contribution in [-0.4, -0.2) is 29.9 Å². The van der Waals surface area contributed by atoms with E-state index in [2.05, 4.69) is 5.32 Å². The summed E-state index contributed by atoms with van der Waals surface area (Å²) in [6.45, 7) is 4.38. The van der Waals surface area contributed by atoms with E-state index in [9.17, 15) is 14.0 Å². The predicted molar refractivity (Wildman–Crippen MR) is 95.6 cm³/mol. The number of carbonyl (C=O) groups excluding carboxylic acids is 2. The summed E-state index contributed by atoms with van der Waals surface area (Å²) in [5.41, 5.74) is 1.90. The summed E-state index contributed by atoms with van der Waals surface area (Å²) in [5, 5.41) is 2.67. The van der Waals surface area contributed by atoms with Crippen LogP contribution < -0.4 is 10.1 Å². The minimum Gasteiger partial charge on any atom is -0.497 e. The van der Waals surface area contributed by atoms with E-state index in [1.165, 1.54) is 12.1 Å². The van der Waals surface area contributed by atoms with E-state index >= 15 is 0 Å². The highest BCUT2D eigenvalue weighted by Gasteiger charge is 2.30. The van der Waals surface area contributed by atoms with Gasteiger partial charge in [-0.05, 0) is 49.2 Å². The SMILES string of the molecule is COc1ccc(CN2Cc3cc(C(=O)NC(C)C)c(F)cc3C2=O)cc1. The second-order valence-electron chi connectivity index (χ2n) is 6.63. The molecule has 1 aliphatic heterocycles. The minimum atomic E-state index is -0.679. The molecule has 0 fully saturated rings. The van der Waals surface area contributed by atoms with Gasteiger partial charge in [-0.15, -0.1) is 0 Å². The second kappa shape index (κ2) is 7.15. The Morgan fingerprint density at radius 3 is 2.58 bits per heavy atom. The van der Waals surface area contributed by atoms with Crippen molar-refractivity contribution in [2.45, 2.75) is 33.0 Å². The molecule has 2 aromatic rings. The van der Waals surface area contributed by atoms with E-state index in [-0.39, 0.29) is 17.5 Å². The maximum Gasteiger partial charge on any atom is 0.254 e. The molecule has 6 heteroatoms. The van der Waals surface area contributed by atoms with Gasteiger partial charge in [0.2, 0.25) is 0 Å². The molecule has 0 spiro atoms. The summed E-state index contributed by atoms with van der Waals surface area (Å²) < 4.78 is 19.4. The van der Waals surface area contributed by atoms with Crippen LogP contribution in [0.2, 0.25) is 0 Å². The van der Waals surface area contributed by atoms with Crippen LogP contribution in [0.1, 0.15) is 45.7 Å². The van der Waals surface area contributed by atoms with Crippen molar-refractivity contribution in [3.8, 4) is 5.75 Å². The molecule has 3 rings (SSSR count). The molecule has 0 aliphatic carbocycles. The number of hydrogen-bond acceptors (Lipinski definition) is 3. The Kier molecular flexibility index (Phi) is 4.93. The van der Waals surface area contributed by atoms with E-state index in [4.69, 9.17) is 4.74 Å². The Morgan fingerprint density at radius 2 is 1.96 bits per heavy atom. The third kappa shape index (κ3) is 3.54. The lowest BCUT2D eigenvalue weighted by Crippen LogP contribution is -2.30. The van der Waals surface area contributed by atoms with Gasteiger partial charge in [0.1, 0.15) is 11.6 Å². The molecule has 1 N–H and O–H groups in total. The van der Waals surface area contributed by atoms with Gasteiger partial charge in [-0.3, -0.25) is 9.59 Å². The number of hydrogen-bond donors (Lipinski definition) is 1. The number of nitrogens with one attached hydrogen (secondary N) is 1. The largest absolute Gasteiger partial charge is 0.497 e. The maximum atomic E-state index is 14.3. The van der Waals surface area contributed by atoms with E-state index in [1.807, 2.05) is 38.1 Å². The molecular formula is C20H21FN2O3. The fourth-order valence-electron chi connectivity index (χ4n) is 2.99. The first-order valence-electron chi connectivity index (χ1n) is 8.44. The molecule has 5 nitrogen and oxygen atoms in total. The van der Waals surface area contributed by atoms with Gasteiger partial charge in [0.25, 0.3) is 11.8 Å². The van der Waals surface area contributed by atoms with Crippen LogP contribution in [0.4, 0.5) is 4.39 Å². The maximum absolute atomic E-state index is 14.3. The van der Waals surface area contributed by atoms with Crippen molar-refractivity contribution in [2.24, 2.45) is 0 Å². The highest BCUT2D eigenvalue weighted by atomic mass is 19.1. The summed E-state index contributed by atoms with van der Waals surface area (Å²) in [7, 11) is 1.59. The normalized spacial score (nSPS) is 13.1. The summed E-state index contributed by atoms with van der Waals surface area (Å²) in [6.07, 6.45) is 0. The van der Waals surface area contributed by atoms with Crippen molar-refractivity contribution in [3.05, 3.63) is 64.5 Å². The number of methoxy groups -OCH3 is 1. The lowest BCUT2D eigenvalue weighted by molar-refractivity contribution is 0.0766. The molecule has 1 aliphatic rings. The Morgan fingerprint density at radius 1 is 1.27 bits per heavy atom. The van der Waals surface area contributed by atoms with Crippen LogP contribution in [0.3, 0.4) is 0 Å². The van der Waals surface area contributed by atoms with Gasteiger partial charge in [0.05, 0.1) is 12.7 Å². The van der Waals surface area contributed by atoms with Crippen LogP contribution in [-0.2, 0) is 13.1 Å². The van der Waals surface area contributed by atoms with Gasteiger partial charge in [0.15, 0.2) is 0 Å². The van der Waals surface area contributed by atoms with E-state index in [0.717, 1.165) is 11.3 Å². The van der Waals surface area contributed by atoms with Gasteiger partial charge in [0, 0.05) is 24.7 Å². The standard InChI is InChI=1S/C20H21FN2O3/c1-12(2)22-19(24)17-8-14-11-23(20(25)16(14)9-18(17)21)10-13-4-6-15(26-3)7-5-13/h4-9,12H,10-11H2,1-3H3,(H,22,24). The molecule has 2 amide bonds. The number of carbonyl (C=O) groups is 2. The van der Waals surface area contributed by atoms with E-state index < -0.39 is 11.7 Å². The lowest BCUT2D eigenvalue weighted by atomic mass is 10.0. The van der Waals surface area contributed by atoms with Crippen molar-refractivity contribution >= 4 is 11.8 Å². The van der Waals surface area contributed by atoms with Crippen molar-refractivity contribution in [1.82, 2.24) is 10.2 Å². The molecule has 136 valence electrons. The monoisotopic (exact) mass is 356 g/mol. The quantitative estimate of drug-likeness (QED) is 0.895. The van der Waals surface area contributed by atoms with E-state index in [0.29, 0.717) is 24.2 Å². The number of ether oxygens (including phenoxy) is 1. The van der Waals surface area contributed by atoms with Crippen molar-refractivity contribution in [3.63, 3.8) is 0 Å². The van der Waals surface area contributed by atoms with E-state index in [1.54, 1.807) is 12.0 Å². The van der Waals surface area contributed by atoms with Crippen molar-refractivity contribution in [2.75, 3.05) is 7.11 Å². The third-order valence-electron chi connectivity index (χ3n) is 4.27. The highest BCUT2D eigenvalue weighted by molar-refractivity contribution is 6.01. The van der Waals surface area contributed by atoms with Gasteiger partial charge in [-0.25, -0.2) is 4.39 Å². The number of rotatable bonds is 5. The number of halogens is 1. The zero-order valence-corrected chi connectivity index (χ0v) is 15.0. The van der Waals surface area contributed by atoms with Crippen LogP contribution in [0.5, 0.6) is 5.75 Å². The van der Waals surface area contributed by atoms with Crippen LogP contribution in [0, 0.1) is 5.82 Å². The van der Waals surface area contributed by atoms with Crippen LogP contribution in [0.25, 0.3) is 0 Å². The third-order valence-corrected chi connectivity index (χ3v) is 4.27. The molecule has 0 saturated heterocycles. The summed E-state index contributed by atoms with van der Waals surface area (Å²) in [5.74, 6) is -0.638. The summed E-state index contributed by atoms with van der Waals surface area (Å²) in [4.78, 5) is 26.3. The molecule has 0 bridgehead atoms. The second-order valence-corrected chi connectivity index (χ2v) is 6.63. The lowest BCUT2D eigenvalue weighted by Gasteiger charge is -2.15. The molecule has 1 heterocycles. The molecule has 2 aromatic carbocycles. The Labute approximate surface area is 151 Å². The topological polar surface area (TPSA) is 58.6 Å². The minimum absolute atomic E-state index is 0.0310. The zero-order valence-electron chi connectivity index (χ0n) is 15.0. The van der Waals surface area contributed by atoms with Gasteiger partial charge in [-0.2, -0.15) is 0 Å². The Hall–Kier alpha value is -2.89. The number of fused-ring (bicyclic) bond motifs is 1. The van der Waals surface area contributed by atoms with Crippen LogP contribution >= 0.6 is 0 Å². The van der Waals surface area contributed by atoms with Gasteiger partial charge < -0.3 is 15.0 Å². The van der Waals surface area contributed by atoms with Gasteiger partial charge >= 0.3 is 0 Å². The molecular weight excluding hydrogens is 335 g/mol. The van der Waals surface area contributed by atoms with Crippen LogP contribution in [0.15, 0.2) is 36.4 Å². The summed E-state index contributed by atoms with van der Waals surface area (Å²) in [6, 6.07) is 9.99. The first-order chi connectivity index (χ1) is 12.4. The number of benzene rings is 2. The molecule has 0 saturated carbocycles. The highest BCUT2D eigenvalue weighted by Crippen LogP contribution is 2.27. The Bertz CT molecular complexity index is 847. The summed E-state index contributed by atoms with van der Waals surface area (Å²) >= 11 is 0.